The van der Waals surface area contributed by atoms with E-state index in [4.69, 9.17) is 28.9 Å². The number of hydrogen-bond acceptors (Lipinski definition) is 4. The van der Waals surface area contributed by atoms with Gasteiger partial charge in [0.05, 0.1) is 16.7 Å². The van der Waals surface area contributed by atoms with Gasteiger partial charge in [-0.3, -0.25) is 9.59 Å². The van der Waals surface area contributed by atoms with Gasteiger partial charge in [0, 0.05) is 42.0 Å². The lowest BCUT2D eigenvalue weighted by molar-refractivity contribution is -0.157. The minimum absolute atomic E-state index is 0.112. The first-order chi connectivity index (χ1) is 17.9. The summed E-state index contributed by atoms with van der Waals surface area (Å²) < 4.78 is 27.4. The minimum atomic E-state index is -3.45. The average Bonchev–Trinajstić information content (AvgIpc) is 3.70. The van der Waals surface area contributed by atoms with Crippen molar-refractivity contribution in [1.29, 1.82) is 0 Å². The SMILES string of the molecule is CCC(CN(C)S(=O)(=O)C1CC1)N1C(=O)[C@@](C)(CC(N)=O)C[C@H](c2cccc(Cl)c2)[C@H]1c1ccc(Cl)cc1. The predicted molar refractivity (Wildman–Crippen MR) is 150 cm³/mol. The highest BCUT2D eigenvalue weighted by atomic mass is 35.5. The van der Waals surface area contributed by atoms with E-state index in [2.05, 4.69) is 0 Å². The molecule has 4 atom stereocenters. The first kappa shape index (κ1) is 28.9. The fourth-order valence-electron chi connectivity index (χ4n) is 5.77. The Morgan fingerprint density at radius 3 is 2.34 bits per heavy atom. The topological polar surface area (TPSA) is 101 Å². The first-order valence-corrected chi connectivity index (χ1v) is 15.2. The number of benzene rings is 2. The Labute approximate surface area is 235 Å². The van der Waals surface area contributed by atoms with Crippen LogP contribution in [0.3, 0.4) is 0 Å². The van der Waals surface area contributed by atoms with Crippen molar-refractivity contribution >= 4 is 45.0 Å². The zero-order valence-corrected chi connectivity index (χ0v) is 24.3. The number of halogens is 2. The Hall–Kier alpha value is -2.13. The normalized spacial score (nSPS) is 25.0. The van der Waals surface area contributed by atoms with Crippen molar-refractivity contribution in [2.75, 3.05) is 13.6 Å². The van der Waals surface area contributed by atoms with E-state index >= 15 is 0 Å². The molecule has 10 heteroatoms. The summed E-state index contributed by atoms with van der Waals surface area (Å²) >= 11 is 12.6. The van der Waals surface area contributed by atoms with Gasteiger partial charge in [-0.1, -0.05) is 61.3 Å². The van der Waals surface area contributed by atoms with Crippen molar-refractivity contribution in [2.24, 2.45) is 11.1 Å². The summed E-state index contributed by atoms with van der Waals surface area (Å²) in [6.07, 6.45) is 2.11. The summed E-state index contributed by atoms with van der Waals surface area (Å²) in [7, 11) is -1.87. The van der Waals surface area contributed by atoms with Crippen LogP contribution in [0.5, 0.6) is 0 Å². The maximum atomic E-state index is 14.4. The third-order valence-corrected chi connectivity index (χ3v) is 10.7. The lowest BCUT2D eigenvalue weighted by atomic mass is 9.67. The highest BCUT2D eigenvalue weighted by molar-refractivity contribution is 7.90. The van der Waals surface area contributed by atoms with Crippen LogP contribution in [0.1, 0.15) is 69.0 Å². The van der Waals surface area contributed by atoms with E-state index < -0.39 is 33.4 Å². The fourth-order valence-corrected chi connectivity index (χ4v) is 7.71. The summed E-state index contributed by atoms with van der Waals surface area (Å²) in [4.78, 5) is 28.3. The summed E-state index contributed by atoms with van der Waals surface area (Å²) in [5.41, 5.74) is 6.38. The molecule has 0 bridgehead atoms. The molecule has 38 heavy (non-hydrogen) atoms. The van der Waals surface area contributed by atoms with Gasteiger partial charge in [-0.05, 0) is 61.1 Å². The quantitative estimate of drug-likeness (QED) is 0.421. The van der Waals surface area contributed by atoms with Crippen molar-refractivity contribution in [3.05, 3.63) is 69.7 Å². The van der Waals surface area contributed by atoms with E-state index in [1.807, 2.05) is 37.3 Å². The molecule has 0 spiro atoms. The van der Waals surface area contributed by atoms with E-state index in [1.54, 1.807) is 37.1 Å². The van der Waals surface area contributed by atoms with E-state index in [-0.39, 0.29) is 30.0 Å². The van der Waals surface area contributed by atoms with Crippen LogP contribution in [0.15, 0.2) is 48.5 Å². The van der Waals surface area contributed by atoms with Gasteiger partial charge in [-0.15, -0.1) is 0 Å². The van der Waals surface area contributed by atoms with Gasteiger partial charge < -0.3 is 10.6 Å². The van der Waals surface area contributed by atoms with Crippen LogP contribution in [0.2, 0.25) is 10.0 Å². The van der Waals surface area contributed by atoms with Gasteiger partial charge in [0.25, 0.3) is 0 Å². The molecule has 2 N–H and O–H groups in total. The zero-order chi connectivity index (χ0) is 27.8. The third kappa shape index (κ3) is 5.88. The first-order valence-electron chi connectivity index (χ1n) is 12.9. The van der Waals surface area contributed by atoms with Crippen LogP contribution in [0.25, 0.3) is 0 Å². The molecule has 1 aliphatic carbocycles. The molecule has 2 aromatic rings. The maximum Gasteiger partial charge on any atom is 0.229 e. The molecule has 2 aliphatic rings. The Balaban J connectivity index is 1.86. The number of piperidine rings is 1. The second-order valence-electron chi connectivity index (χ2n) is 10.9. The summed E-state index contributed by atoms with van der Waals surface area (Å²) in [5, 5.41) is 0.788. The molecular weight excluding hydrogens is 545 g/mol. The van der Waals surface area contributed by atoms with Crippen molar-refractivity contribution in [2.45, 2.75) is 69.2 Å². The number of hydrogen-bond donors (Lipinski definition) is 1. The number of nitrogens with zero attached hydrogens (tertiary/aromatic N) is 2. The van der Waals surface area contributed by atoms with Crippen molar-refractivity contribution in [1.82, 2.24) is 9.21 Å². The molecule has 2 aromatic carbocycles. The maximum absolute atomic E-state index is 14.4. The molecule has 0 aromatic heterocycles. The van der Waals surface area contributed by atoms with Crippen LogP contribution in [0, 0.1) is 5.41 Å². The van der Waals surface area contributed by atoms with Gasteiger partial charge >= 0.3 is 0 Å². The Morgan fingerprint density at radius 2 is 1.79 bits per heavy atom. The van der Waals surface area contributed by atoms with E-state index in [0.29, 0.717) is 35.7 Å². The Morgan fingerprint density at radius 1 is 1.13 bits per heavy atom. The Bertz CT molecular complexity index is 1300. The second kappa shape index (κ2) is 11.2. The van der Waals surface area contributed by atoms with Gasteiger partial charge in [0.1, 0.15) is 0 Å². The van der Waals surface area contributed by atoms with E-state index in [9.17, 15) is 18.0 Å². The number of carbonyl (C=O) groups excluding carboxylic acids is 2. The Kier molecular flexibility index (Phi) is 8.48. The molecule has 0 radical (unpaired) electrons. The molecule has 4 rings (SSSR count). The highest BCUT2D eigenvalue weighted by Gasteiger charge is 2.52. The number of rotatable bonds is 10. The highest BCUT2D eigenvalue weighted by Crippen LogP contribution is 2.52. The summed E-state index contributed by atoms with van der Waals surface area (Å²) in [5.74, 6) is -0.994. The van der Waals surface area contributed by atoms with Crippen molar-refractivity contribution in [3.63, 3.8) is 0 Å². The minimum Gasteiger partial charge on any atom is -0.370 e. The van der Waals surface area contributed by atoms with Gasteiger partial charge in [-0.25, -0.2) is 12.7 Å². The third-order valence-electron chi connectivity index (χ3n) is 7.87. The number of primary amides is 1. The van der Waals surface area contributed by atoms with Crippen LogP contribution >= 0.6 is 23.2 Å². The lowest BCUT2D eigenvalue weighted by Crippen LogP contribution is -2.58. The van der Waals surface area contributed by atoms with Crippen LogP contribution < -0.4 is 5.73 Å². The van der Waals surface area contributed by atoms with Gasteiger partial charge in [-0.2, -0.15) is 0 Å². The largest absolute Gasteiger partial charge is 0.370 e. The standard InChI is InChI=1S/C28H35Cl2N3O4S/c1-4-22(17-32(3)38(36,37)23-12-13-23)33-26(18-8-10-20(29)11-9-18)24(19-6-5-7-21(30)14-19)15-28(2,27(33)35)16-25(31)34/h5-11,14,22-24,26H,4,12-13,15-17H2,1-3H3,(H2,31,34)/t22?,24-,26-,28-/m1/s1. The molecule has 2 fully saturated rings. The molecule has 1 unspecified atom stereocenters. The number of amides is 2. The monoisotopic (exact) mass is 579 g/mol. The number of carbonyl (C=O) groups is 2. The van der Waals surface area contributed by atoms with Gasteiger partial charge in [0.15, 0.2) is 0 Å². The number of likely N-dealkylation sites (tertiary alicyclic amines) is 1. The van der Waals surface area contributed by atoms with E-state index in [1.165, 1.54) is 4.31 Å². The van der Waals surface area contributed by atoms with Gasteiger partial charge in [0.2, 0.25) is 21.8 Å². The van der Waals surface area contributed by atoms with Crippen LogP contribution in [0.4, 0.5) is 0 Å². The predicted octanol–water partition coefficient (Wildman–Crippen LogP) is 5.13. The molecule has 7 nitrogen and oxygen atoms in total. The van der Waals surface area contributed by atoms with Crippen LogP contribution in [-0.4, -0.2) is 54.3 Å². The molecule has 1 saturated carbocycles. The number of sulfonamides is 1. The average molecular weight is 581 g/mol. The van der Waals surface area contributed by atoms with E-state index in [0.717, 1.165) is 11.1 Å². The van der Waals surface area contributed by atoms with Crippen LogP contribution in [-0.2, 0) is 19.6 Å². The summed E-state index contributed by atoms with van der Waals surface area (Å²) in [6.45, 7) is 3.88. The number of likely N-dealkylation sites (N-methyl/N-ethyl adjacent to an activating group) is 1. The second-order valence-corrected chi connectivity index (χ2v) is 14.1. The number of nitrogens with two attached hydrogens (primary N) is 1. The summed E-state index contributed by atoms with van der Waals surface area (Å²) in [6, 6.07) is 14.0. The molecule has 2 amide bonds. The van der Waals surface area contributed by atoms with Crippen molar-refractivity contribution in [3.8, 4) is 0 Å². The zero-order valence-electron chi connectivity index (χ0n) is 21.9. The lowest BCUT2D eigenvalue weighted by Gasteiger charge is -2.52. The van der Waals surface area contributed by atoms with Crippen molar-refractivity contribution < 1.29 is 18.0 Å². The molecule has 1 saturated heterocycles. The molecule has 206 valence electrons. The smallest absolute Gasteiger partial charge is 0.229 e. The fraction of sp³-hybridized carbons (Fsp3) is 0.500. The molecule has 1 heterocycles. The molecule has 1 aliphatic heterocycles. The molecular formula is C28H35Cl2N3O4S.